The molecule has 0 bridgehead atoms. The van der Waals surface area contributed by atoms with Crippen molar-refractivity contribution in [3.05, 3.63) is 64.9 Å². The molecule has 0 aliphatic carbocycles. The molecule has 1 unspecified atom stereocenters. The molecule has 2 saturated heterocycles. The molecule has 2 aliphatic rings. The standard InChI is InChI=1S/C24H24FN3O2S/c25-18-9-7-16(8-10-18)23(29)27-14-11-17(12-15-27)24(30)28-13-3-5-20(28)22-26-19-4-1-2-6-21(19)31-22/h1-2,4,6-10,17,20H,3,5,11-15H2. The number of benzene rings is 2. The van der Waals surface area contributed by atoms with Gasteiger partial charge in [0.2, 0.25) is 5.91 Å². The number of piperidine rings is 1. The van der Waals surface area contributed by atoms with E-state index < -0.39 is 0 Å². The Bertz CT molecular complexity index is 1070. The maximum absolute atomic E-state index is 13.3. The third-order valence-corrected chi connectivity index (χ3v) is 7.49. The Morgan fingerprint density at radius 1 is 0.968 bits per heavy atom. The van der Waals surface area contributed by atoms with E-state index in [4.69, 9.17) is 4.98 Å². The number of fused-ring (bicyclic) bond motifs is 1. The van der Waals surface area contributed by atoms with Crippen molar-refractivity contribution in [2.45, 2.75) is 31.7 Å². The fraction of sp³-hybridized carbons (Fsp3) is 0.375. The van der Waals surface area contributed by atoms with Gasteiger partial charge in [-0.15, -0.1) is 11.3 Å². The zero-order chi connectivity index (χ0) is 21.4. The Morgan fingerprint density at radius 2 is 1.71 bits per heavy atom. The van der Waals surface area contributed by atoms with E-state index >= 15 is 0 Å². The summed E-state index contributed by atoms with van der Waals surface area (Å²) in [6.07, 6.45) is 3.27. The third kappa shape index (κ3) is 3.94. The Kier molecular flexibility index (Phi) is 5.44. The van der Waals surface area contributed by atoms with E-state index in [9.17, 15) is 14.0 Å². The molecule has 7 heteroatoms. The quantitative estimate of drug-likeness (QED) is 0.599. The molecule has 3 aromatic rings. The Labute approximate surface area is 184 Å². The number of rotatable bonds is 3. The summed E-state index contributed by atoms with van der Waals surface area (Å²) >= 11 is 1.68. The number of carbonyl (C=O) groups is 2. The summed E-state index contributed by atoms with van der Waals surface area (Å²) < 4.78 is 14.3. The van der Waals surface area contributed by atoms with Crippen LogP contribution in [0.4, 0.5) is 4.39 Å². The van der Waals surface area contributed by atoms with Gasteiger partial charge in [-0.25, -0.2) is 9.37 Å². The van der Waals surface area contributed by atoms with Crippen molar-refractivity contribution in [2.24, 2.45) is 5.92 Å². The molecule has 2 aromatic carbocycles. The summed E-state index contributed by atoms with van der Waals surface area (Å²) in [4.78, 5) is 34.6. The molecule has 2 fully saturated rings. The molecular weight excluding hydrogens is 413 g/mol. The number of para-hydroxylation sites is 1. The van der Waals surface area contributed by atoms with Crippen LogP contribution in [-0.2, 0) is 4.79 Å². The van der Waals surface area contributed by atoms with Gasteiger partial charge in [0, 0.05) is 31.1 Å². The minimum atomic E-state index is -0.353. The van der Waals surface area contributed by atoms with Crippen molar-refractivity contribution < 1.29 is 14.0 Å². The van der Waals surface area contributed by atoms with Crippen molar-refractivity contribution in [3.63, 3.8) is 0 Å². The van der Waals surface area contributed by atoms with E-state index in [1.54, 1.807) is 16.2 Å². The maximum Gasteiger partial charge on any atom is 0.253 e. The van der Waals surface area contributed by atoms with Crippen LogP contribution in [0.2, 0.25) is 0 Å². The molecule has 0 radical (unpaired) electrons. The second-order valence-corrected chi connectivity index (χ2v) is 9.35. The number of halogens is 1. The first-order chi connectivity index (χ1) is 15.1. The van der Waals surface area contributed by atoms with Gasteiger partial charge in [-0.1, -0.05) is 12.1 Å². The summed E-state index contributed by atoms with van der Waals surface area (Å²) in [5.41, 5.74) is 1.48. The van der Waals surface area contributed by atoms with Crippen LogP contribution in [0.15, 0.2) is 48.5 Å². The van der Waals surface area contributed by atoms with E-state index in [2.05, 4.69) is 6.07 Å². The lowest BCUT2D eigenvalue weighted by Gasteiger charge is -2.34. The van der Waals surface area contributed by atoms with Crippen LogP contribution in [0.5, 0.6) is 0 Å². The predicted molar refractivity (Wildman–Crippen MR) is 118 cm³/mol. The summed E-state index contributed by atoms with van der Waals surface area (Å²) in [7, 11) is 0. The van der Waals surface area contributed by atoms with E-state index in [0.29, 0.717) is 31.5 Å². The van der Waals surface area contributed by atoms with Crippen LogP contribution in [0.1, 0.15) is 47.1 Å². The first kappa shape index (κ1) is 20.1. The number of hydrogen-bond donors (Lipinski definition) is 0. The third-order valence-electron chi connectivity index (χ3n) is 6.35. The van der Waals surface area contributed by atoms with Gasteiger partial charge in [0.05, 0.1) is 16.3 Å². The molecule has 2 aliphatic heterocycles. The molecule has 3 heterocycles. The summed E-state index contributed by atoms with van der Waals surface area (Å²) in [6.45, 7) is 1.87. The van der Waals surface area contributed by atoms with Crippen LogP contribution in [0, 0.1) is 11.7 Å². The molecule has 31 heavy (non-hydrogen) atoms. The van der Waals surface area contributed by atoms with Gasteiger partial charge in [-0.05, 0) is 62.1 Å². The zero-order valence-corrected chi connectivity index (χ0v) is 18.0. The summed E-state index contributed by atoms with van der Waals surface area (Å²) in [5.74, 6) is -0.323. The van der Waals surface area contributed by atoms with Gasteiger partial charge in [-0.3, -0.25) is 9.59 Å². The topological polar surface area (TPSA) is 53.5 Å². The molecule has 1 aromatic heterocycles. The van der Waals surface area contributed by atoms with Crippen LogP contribution >= 0.6 is 11.3 Å². The second-order valence-electron chi connectivity index (χ2n) is 8.28. The van der Waals surface area contributed by atoms with Crippen LogP contribution < -0.4 is 0 Å². The number of likely N-dealkylation sites (tertiary alicyclic amines) is 2. The molecule has 1 atom stereocenters. The Balaban J connectivity index is 1.24. The molecule has 0 N–H and O–H groups in total. The van der Waals surface area contributed by atoms with E-state index in [1.807, 2.05) is 23.1 Å². The van der Waals surface area contributed by atoms with Gasteiger partial charge in [0.25, 0.3) is 5.91 Å². The molecule has 160 valence electrons. The highest BCUT2D eigenvalue weighted by atomic mass is 32.1. The minimum Gasteiger partial charge on any atom is -0.339 e. The number of thiazole rings is 1. The normalized spacial score (nSPS) is 19.8. The van der Waals surface area contributed by atoms with Gasteiger partial charge < -0.3 is 9.80 Å². The molecule has 0 saturated carbocycles. The van der Waals surface area contributed by atoms with Crippen molar-refractivity contribution in [3.8, 4) is 0 Å². The highest BCUT2D eigenvalue weighted by molar-refractivity contribution is 7.18. The van der Waals surface area contributed by atoms with Crippen molar-refractivity contribution >= 4 is 33.4 Å². The van der Waals surface area contributed by atoms with Crippen LogP contribution in [0.3, 0.4) is 0 Å². The number of carbonyl (C=O) groups excluding carboxylic acids is 2. The van der Waals surface area contributed by atoms with Crippen molar-refractivity contribution in [1.29, 1.82) is 0 Å². The van der Waals surface area contributed by atoms with Crippen molar-refractivity contribution in [1.82, 2.24) is 14.8 Å². The monoisotopic (exact) mass is 437 g/mol. The SMILES string of the molecule is O=C(c1ccc(F)cc1)N1CCC(C(=O)N2CCCC2c2nc3ccccc3s2)CC1. The highest BCUT2D eigenvalue weighted by Crippen LogP contribution is 2.38. The van der Waals surface area contributed by atoms with E-state index in [-0.39, 0.29) is 29.6 Å². The lowest BCUT2D eigenvalue weighted by Crippen LogP contribution is -2.44. The maximum atomic E-state index is 13.3. The average Bonchev–Trinajstić information content (AvgIpc) is 3.45. The van der Waals surface area contributed by atoms with E-state index in [0.717, 1.165) is 34.6 Å². The number of nitrogens with zero attached hydrogens (tertiary/aromatic N) is 3. The molecule has 2 amide bonds. The lowest BCUT2D eigenvalue weighted by atomic mass is 9.94. The Morgan fingerprint density at radius 3 is 2.45 bits per heavy atom. The fourth-order valence-electron chi connectivity index (χ4n) is 4.66. The average molecular weight is 438 g/mol. The molecule has 5 nitrogen and oxygen atoms in total. The first-order valence-electron chi connectivity index (χ1n) is 10.8. The smallest absolute Gasteiger partial charge is 0.253 e. The fourth-order valence-corrected chi connectivity index (χ4v) is 5.77. The first-order valence-corrected chi connectivity index (χ1v) is 11.6. The summed E-state index contributed by atoms with van der Waals surface area (Å²) in [5, 5.41) is 1.02. The van der Waals surface area contributed by atoms with Gasteiger partial charge in [-0.2, -0.15) is 0 Å². The van der Waals surface area contributed by atoms with Gasteiger partial charge in [0.1, 0.15) is 10.8 Å². The van der Waals surface area contributed by atoms with Crippen molar-refractivity contribution in [2.75, 3.05) is 19.6 Å². The van der Waals surface area contributed by atoms with E-state index in [1.165, 1.54) is 24.3 Å². The predicted octanol–water partition coefficient (Wildman–Crippen LogP) is 4.65. The van der Waals surface area contributed by atoms with Crippen LogP contribution in [0.25, 0.3) is 10.2 Å². The largest absolute Gasteiger partial charge is 0.339 e. The summed E-state index contributed by atoms with van der Waals surface area (Å²) in [6, 6.07) is 13.8. The van der Waals surface area contributed by atoms with Crippen LogP contribution in [-0.4, -0.2) is 46.2 Å². The van der Waals surface area contributed by atoms with Gasteiger partial charge >= 0.3 is 0 Å². The molecule has 5 rings (SSSR count). The lowest BCUT2D eigenvalue weighted by molar-refractivity contribution is -0.137. The zero-order valence-electron chi connectivity index (χ0n) is 17.2. The highest BCUT2D eigenvalue weighted by Gasteiger charge is 2.37. The number of amides is 2. The Hall–Kier alpha value is -2.80. The minimum absolute atomic E-state index is 0.0591. The second kappa shape index (κ2) is 8.38. The number of aromatic nitrogens is 1. The molecular formula is C24H24FN3O2S. The van der Waals surface area contributed by atoms with Gasteiger partial charge in [0.15, 0.2) is 0 Å². The molecule has 0 spiro atoms. The number of hydrogen-bond acceptors (Lipinski definition) is 4.